The molecule has 0 spiro atoms. The number of anilines is 1. The maximum atomic E-state index is 4.63. The molecule has 3 aromatic rings. The molecule has 3 heteroatoms. The third kappa shape index (κ3) is 2.98. The highest BCUT2D eigenvalue weighted by molar-refractivity contribution is 7.19. The first-order valence-electron chi connectivity index (χ1n) is 6.95. The van der Waals surface area contributed by atoms with E-state index in [1.807, 2.05) is 6.07 Å². The summed E-state index contributed by atoms with van der Waals surface area (Å²) in [6.45, 7) is 2.14. The van der Waals surface area contributed by atoms with E-state index in [9.17, 15) is 0 Å². The first-order valence-corrected chi connectivity index (χ1v) is 7.77. The van der Waals surface area contributed by atoms with Crippen molar-refractivity contribution in [2.24, 2.45) is 0 Å². The second-order valence-corrected chi connectivity index (χ2v) is 6.35. The number of fused-ring (bicyclic) bond motifs is 1. The fourth-order valence-electron chi connectivity index (χ4n) is 2.25. The average Bonchev–Trinajstić information content (AvgIpc) is 2.88. The highest BCUT2D eigenvalue weighted by Gasteiger charge is 2.01. The first kappa shape index (κ1) is 13.8. The summed E-state index contributed by atoms with van der Waals surface area (Å²) in [5.74, 6) is 0. The molecule has 0 bridgehead atoms. The molecule has 3 rings (SSSR count). The molecule has 0 saturated carbocycles. The lowest BCUT2D eigenvalue weighted by atomic mass is 10.1. The van der Waals surface area contributed by atoms with Gasteiger partial charge in [-0.25, -0.2) is 4.98 Å². The minimum absolute atomic E-state index is 1.05. The molecule has 0 aliphatic carbocycles. The number of aromatic nitrogens is 1. The van der Waals surface area contributed by atoms with Crippen molar-refractivity contribution in [3.8, 4) is 0 Å². The Labute approximate surface area is 129 Å². The summed E-state index contributed by atoms with van der Waals surface area (Å²) in [7, 11) is 4.12. The summed E-state index contributed by atoms with van der Waals surface area (Å²) in [4.78, 5) is 6.75. The zero-order chi connectivity index (χ0) is 14.8. The Balaban J connectivity index is 1.88. The van der Waals surface area contributed by atoms with Gasteiger partial charge in [0.15, 0.2) is 0 Å². The van der Waals surface area contributed by atoms with Crippen molar-refractivity contribution in [3.05, 3.63) is 58.6 Å². The van der Waals surface area contributed by atoms with Crippen LogP contribution in [0.2, 0.25) is 0 Å². The van der Waals surface area contributed by atoms with Crippen LogP contribution in [0.25, 0.3) is 22.4 Å². The molecular formula is C18H18N2S. The number of rotatable bonds is 3. The van der Waals surface area contributed by atoms with Crippen molar-refractivity contribution in [2.45, 2.75) is 6.92 Å². The van der Waals surface area contributed by atoms with Gasteiger partial charge in [0.1, 0.15) is 5.01 Å². The standard InChI is InChI=1S/C18H18N2S/c1-13-12-15(20(2)3)10-8-14(13)9-11-18-19-16-6-4-5-7-17(16)21-18/h4-12H,1-3H3. The normalized spacial score (nSPS) is 11.4. The summed E-state index contributed by atoms with van der Waals surface area (Å²) >= 11 is 1.72. The molecule has 0 amide bonds. The molecule has 1 heterocycles. The number of hydrogen-bond donors (Lipinski definition) is 0. The predicted molar refractivity (Wildman–Crippen MR) is 94.1 cm³/mol. The topological polar surface area (TPSA) is 16.1 Å². The zero-order valence-corrected chi connectivity index (χ0v) is 13.3. The van der Waals surface area contributed by atoms with E-state index in [0.717, 1.165) is 10.5 Å². The summed E-state index contributed by atoms with van der Waals surface area (Å²) in [6.07, 6.45) is 4.24. The summed E-state index contributed by atoms with van der Waals surface area (Å²) < 4.78 is 1.23. The number of nitrogens with zero attached hydrogens (tertiary/aromatic N) is 2. The monoisotopic (exact) mass is 294 g/mol. The molecule has 21 heavy (non-hydrogen) atoms. The highest BCUT2D eigenvalue weighted by Crippen LogP contribution is 2.24. The van der Waals surface area contributed by atoms with E-state index >= 15 is 0 Å². The molecule has 0 N–H and O–H groups in total. The van der Waals surface area contributed by atoms with Gasteiger partial charge in [0.05, 0.1) is 10.2 Å². The lowest BCUT2D eigenvalue weighted by Gasteiger charge is -2.13. The minimum Gasteiger partial charge on any atom is -0.378 e. The quantitative estimate of drug-likeness (QED) is 0.687. The number of benzene rings is 2. The van der Waals surface area contributed by atoms with E-state index in [0.29, 0.717) is 0 Å². The number of hydrogen-bond acceptors (Lipinski definition) is 3. The van der Waals surface area contributed by atoms with Crippen LogP contribution in [0.1, 0.15) is 16.1 Å². The van der Waals surface area contributed by atoms with Crippen LogP contribution in [0.3, 0.4) is 0 Å². The molecule has 0 atom stereocenters. The Morgan fingerprint density at radius 3 is 2.57 bits per heavy atom. The highest BCUT2D eigenvalue weighted by atomic mass is 32.1. The molecule has 0 saturated heterocycles. The van der Waals surface area contributed by atoms with E-state index in [4.69, 9.17) is 0 Å². The fraction of sp³-hybridized carbons (Fsp3) is 0.167. The van der Waals surface area contributed by atoms with Crippen LogP contribution in [-0.2, 0) is 0 Å². The van der Waals surface area contributed by atoms with Crippen LogP contribution < -0.4 is 4.90 Å². The van der Waals surface area contributed by atoms with Gasteiger partial charge in [-0.05, 0) is 48.4 Å². The second-order valence-electron chi connectivity index (χ2n) is 5.29. The van der Waals surface area contributed by atoms with Crippen LogP contribution in [0.15, 0.2) is 42.5 Å². The number of para-hydroxylation sites is 1. The molecule has 0 radical (unpaired) electrons. The molecular weight excluding hydrogens is 276 g/mol. The zero-order valence-electron chi connectivity index (χ0n) is 12.5. The van der Waals surface area contributed by atoms with E-state index in [-0.39, 0.29) is 0 Å². The van der Waals surface area contributed by atoms with Gasteiger partial charge >= 0.3 is 0 Å². The van der Waals surface area contributed by atoms with Crippen molar-refractivity contribution < 1.29 is 0 Å². The van der Waals surface area contributed by atoms with Crippen LogP contribution >= 0.6 is 11.3 Å². The molecule has 0 aliphatic rings. The van der Waals surface area contributed by atoms with Gasteiger partial charge in [-0.3, -0.25) is 0 Å². The van der Waals surface area contributed by atoms with E-state index in [1.165, 1.54) is 21.5 Å². The van der Waals surface area contributed by atoms with Gasteiger partial charge in [-0.2, -0.15) is 0 Å². The van der Waals surface area contributed by atoms with E-state index in [2.05, 4.69) is 79.5 Å². The number of thiazole rings is 1. The van der Waals surface area contributed by atoms with Gasteiger partial charge in [0.2, 0.25) is 0 Å². The third-order valence-electron chi connectivity index (χ3n) is 3.49. The van der Waals surface area contributed by atoms with Gasteiger partial charge in [-0.15, -0.1) is 11.3 Å². The molecule has 2 nitrogen and oxygen atoms in total. The Kier molecular flexibility index (Phi) is 3.76. The van der Waals surface area contributed by atoms with Gasteiger partial charge in [-0.1, -0.05) is 24.3 Å². The first-order chi connectivity index (χ1) is 10.1. The molecule has 2 aromatic carbocycles. The van der Waals surface area contributed by atoms with Crippen molar-refractivity contribution in [1.29, 1.82) is 0 Å². The van der Waals surface area contributed by atoms with Crippen molar-refractivity contribution in [1.82, 2.24) is 4.98 Å². The fourth-order valence-corrected chi connectivity index (χ4v) is 3.12. The average molecular weight is 294 g/mol. The summed E-state index contributed by atoms with van der Waals surface area (Å²) in [5.41, 5.74) is 4.81. The molecule has 0 fully saturated rings. The van der Waals surface area contributed by atoms with E-state index < -0.39 is 0 Å². The van der Waals surface area contributed by atoms with Crippen LogP contribution in [0.4, 0.5) is 5.69 Å². The SMILES string of the molecule is Cc1cc(N(C)C)ccc1C=Cc1nc2ccccc2s1. The largest absolute Gasteiger partial charge is 0.378 e. The van der Waals surface area contributed by atoms with Crippen molar-refractivity contribution in [2.75, 3.05) is 19.0 Å². The second kappa shape index (κ2) is 5.70. The third-order valence-corrected chi connectivity index (χ3v) is 4.49. The maximum Gasteiger partial charge on any atom is 0.117 e. The molecule has 1 aromatic heterocycles. The molecule has 106 valence electrons. The lowest BCUT2D eigenvalue weighted by molar-refractivity contribution is 1.13. The Bertz CT molecular complexity index is 767. The van der Waals surface area contributed by atoms with Crippen LogP contribution in [-0.4, -0.2) is 19.1 Å². The van der Waals surface area contributed by atoms with Crippen LogP contribution in [0, 0.1) is 6.92 Å². The number of aryl methyl sites for hydroxylation is 1. The Morgan fingerprint density at radius 1 is 1.05 bits per heavy atom. The van der Waals surface area contributed by atoms with Gasteiger partial charge in [0.25, 0.3) is 0 Å². The summed E-state index contributed by atoms with van der Waals surface area (Å²) in [6, 6.07) is 14.8. The van der Waals surface area contributed by atoms with Crippen LogP contribution in [0.5, 0.6) is 0 Å². The summed E-state index contributed by atoms with van der Waals surface area (Å²) in [5, 5.41) is 1.05. The van der Waals surface area contributed by atoms with Gasteiger partial charge < -0.3 is 4.90 Å². The smallest absolute Gasteiger partial charge is 0.117 e. The minimum atomic E-state index is 1.05. The van der Waals surface area contributed by atoms with Crippen molar-refractivity contribution >= 4 is 39.4 Å². The van der Waals surface area contributed by atoms with Gasteiger partial charge in [0, 0.05) is 19.8 Å². The van der Waals surface area contributed by atoms with Crippen molar-refractivity contribution in [3.63, 3.8) is 0 Å². The predicted octanol–water partition coefficient (Wildman–Crippen LogP) is 4.84. The molecule has 0 aliphatic heterocycles. The lowest BCUT2D eigenvalue weighted by Crippen LogP contribution is -2.08. The maximum absolute atomic E-state index is 4.63. The Morgan fingerprint density at radius 2 is 1.86 bits per heavy atom. The Hall–Kier alpha value is -2.13. The van der Waals surface area contributed by atoms with E-state index in [1.54, 1.807) is 11.3 Å². The molecule has 0 unspecified atom stereocenters.